The Morgan fingerprint density at radius 1 is 1.24 bits per heavy atom. The van der Waals surface area contributed by atoms with Gasteiger partial charge in [-0.25, -0.2) is 9.59 Å². The minimum absolute atomic E-state index is 0.0302. The Balaban J connectivity index is 2.51. The van der Waals surface area contributed by atoms with Crippen LogP contribution in [-0.4, -0.2) is 34.9 Å². The SMILES string of the molecule is O=C(Nc1ccccc1)N[C@H](CCO)C(=O)O. The maximum atomic E-state index is 11.4. The zero-order valence-electron chi connectivity index (χ0n) is 9.09. The highest BCUT2D eigenvalue weighted by atomic mass is 16.4. The van der Waals surface area contributed by atoms with Gasteiger partial charge in [-0.2, -0.15) is 0 Å². The van der Waals surface area contributed by atoms with Crippen molar-refractivity contribution in [3.63, 3.8) is 0 Å². The molecule has 0 aliphatic rings. The molecule has 1 aromatic carbocycles. The third-order valence-corrected chi connectivity index (χ3v) is 2.05. The molecule has 0 aliphatic carbocycles. The number of amides is 2. The number of hydrogen-bond donors (Lipinski definition) is 4. The number of carbonyl (C=O) groups is 2. The minimum atomic E-state index is -1.18. The third-order valence-electron chi connectivity index (χ3n) is 2.05. The van der Waals surface area contributed by atoms with Crippen molar-refractivity contribution < 1.29 is 19.8 Å². The van der Waals surface area contributed by atoms with E-state index < -0.39 is 18.0 Å². The lowest BCUT2D eigenvalue weighted by Gasteiger charge is -2.13. The number of benzene rings is 1. The molecule has 4 N–H and O–H groups in total. The Morgan fingerprint density at radius 3 is 2.41 bits per heavy atom. The standard InChI is InChI=1S/C11H14N2O4/c14-7-6-9(10(15)16)13-11(17)12-8-4-2-1-3-5-8/h1-5,9,14H,6-7H2,(H,15,16)(H2,12,13,17)/t9-/m1/s1. The molecule has 0 aromatic heterocycles. The summed E-state index contributed by atoms with van der Waals surface area (Å²) >= 11 is 0. The van der Waals surface area contributed by atoms with Crippen molar-refractivity contribution >= 4 is 17.7 Å². The Labute approximate surface area is 98.3 Å². The zero-order valence-corrected chi connectivity index (χ0v) is 9.09. The first-order valence-corrected chi connectivity index (χ1v) is 5.09. The highest BCUT2D eigenvalue weighted by Crippen LogP contribution is 2.04. The molecule has 17 heavy (non-hydrogen) atoms. The first-order valence-electron chi connectivity index (χ1n) is 5.09. The zero-order chi connectivity index (χ0) is 12.7. The Hall–Kier alpha value is -2.08. The van der Waals surface area contributed by atoms with E-state index in [0.29, 0.717) is 5.69 Å². The molecule has 0 saturated heterocycles. The van der Waals surface area contributed by atoms with E-state index in [-0.39, 0.29) is 13.0 Å². The average molecular weight is 238 g/mol. The summed E-state index contributed by atoms with van der Waals surface area (Å²) in [5.74, 6) is -1.18. The smallest absolute Gasteiger partial charge is 0.326 e. The number of urea groups is 1. The van der Waals surface area contributed by atoms with Crippen LogP contribution in [0.3, 0.4) is 0 Å². The summed E-state index contributed by atoms with van der Waals surface area (Å²) in [5.41, 5.74) is 0.568. The van der Waals surface area contributed by atoms with Crippen molar-refractivity contribution in [1.82, 2.24) is 5.32 Å². The van der Waals surface area contributed by atoms with Crippen LogP contribution >= 0.6 is 0 Å². The lowest BCUT2D eigenvalue weighted by Crippen LogP contribution is -2.43. The molecule has 0 unspecified atom stereocenters. The van der Waals surface area contributed by atoms with Crippen LogP contribution in [0.25, 0.3) is 0 Å². The number of carboxylic acids is 1. The predicted molar refractivity (Wildman–Crippen MR) is 61.7 cm³/mol. The molecule has 0 saturated carbocycles. The molecule has 1 atom stereocenters. The second-order valence-electron chi connectivity index (χ2n) is 3.37. The fraction of sp³-hybridized carbons (Fsp3) is 0.273. The van der Waals surface area contributed by atoms with Crippen molar-refractivity contribution in [3.8, 4) is 0 Å². The van der Waals surface area contributed by atoms with Gasteiger partial charge in [-0.15, -0.1) is 0 Å². The van der Waals surface area contributed by atoms with Gasteiger partial charge < -0.3 is 20.8 Å². The van der Waals surface area contributed by atoms with Crippen LogP contribution in [0.4, 0.5) is 10.5 Å². The third kappa shape index (κ3) is 4.52. The molecule has 6 nitrogen and oxygen atoms in total. The largest absolute Gasteiger partial charge is 0.480 e. The van der Waals surface area contributed by atoms with Crippen molar-refractivity contribution in [3.05, 3.63) is 30.3 Å². The van der Waals surface area contributed by atoms with E-state index in [1.807, 2.05) is 0 Å². The first kappa shape index (κ1) is 13.0. The summed E-state index contributed by atoms with van der Waals surface area (Å²) in [6, 6.07) is 6.95. The molecular weight excluding hydrogens is 224 g/mol. The maximum absolute atomic E-state index is 11.4. The van der Waals surface area contributed by atoms with Crippen molar-refractivity contribution in [1.29, 1.82) is 0 Å². The molecule has 0 radical (unpaired) electrons. The number of aliphatic carboxylic acids is 1. The van der Waals surface area contributed by atoms with Gasteiger partial charge in [-0.05, 0) is 12.1 Å². The Morgan fingerprint density at radius 2 is 1.88 bits per heavy atom. The fourth-order valence-corrected chi connectivity index (χ4v) is 1.23. The van der Waals surface area contributed by atoms with E-state index in [1.54, 1.807) is 30.3 Å². The van der Waals surface area contributed by atoms with E-state index in [2.05, 4.69) is 10.6 Å². The van der Waals surface area contributed by atoms with E-state index in [0.717, 1.165) is 0 Å². The number of para-hydroxylation sites is 1. The first-order chi connectivity index (χ1) is 8.13. The summed E-state index contributed by atoms with van der Waals surface area (Å²) in [7, 11) is 0. The van der Waals surface area contributed by atoms with Gasteiger partial charge in [0, 0.05) is 18.7 Å². The number of aliphatic hydroxyl groups excluding tert-OH is 1. The highest BCUT2D eigenvalue weighted by molar-refractivity contribution is 5.92. The summed E-state index contributed by atoms with van der Waals surface area (Å²) in [6.45, 7) is -0.303. The second-order valence-corrected chi connectivity index (χ2v) is 3.37. The van der Waals surface area contributed by atoms with Crippen LogP contribution in [-0.2, 0) is 4.79 Å². The van der Waals surface area contributed by atoms with Gasteiger partial charge in [0.2, 0.25) is 0 Å². The number of nitrogens with one attached hydrogen (secondary N) is 2. The summed E-state index contributed by atoms with van der Waals surface area (Å²) in [6.07, 6.45) is -0.0302. The Kier molecular flexibility index (Phi) is 4.96. The number of carboxylic acid groups (broad SMARTS) is 1. The topological polar surface area (TPSA) is 98.7 Å². The maximum Gasteiger partial charge on any atom is 0.326 e. The summed E-state index contributed by atoms with van der Waals surface area (Å²) < 4.78 is 0. The number of anilines is 1. The van der Waals surface area contributed by atoms with Crippen LogP contribution in [0, 0.1) is 0 Å². The van der Waals surface area contributed by atoms with Crippen molar-refractivity contribution in [2.75, 3.05) is 11.9 Å². The van der Waals surface area contributed by atoms with Gasteiger partial charge in [0.05, 0.1) is 0 Å². The normalized spacial score (nSPS) is 11.6. The van der Waals surface area contributed by atoms with Crippen LogP contribution in [0.1, 0.15) is 6.42 Å². The van der Waals surface area contributed by atoms with E-state index in [4.69, 9.17) is 10.2 Å². The molecule has 0 aliphatic heterocycles. The van der Waals surface area contributed by atoms with Gasteiger partial charge in [0.25, 0.3) is 0 Å². The molecule has 0 fully saturated rings. The Bertz CT molecular complexity index is 380. The molecule has 92 valence electrons. The van der Waals surface area contributed by atoms with Crippen LogP contribution in [0.2, 0.25) is 0 Å². The monoisotopic (exact) mass is 238 g/mol. The van der Waals surface area contributed by atoms with Gasteiger partial charge in [0.15, 0.2) is 0 Å². The van der Waals surface area contributed by atoms with Crippen molar-refractivity contribution in [2.45, 2.75) is 12.5 Å². The quantitative estimate of drug-likeness (QED) is 0.605. The van der Waals surface area contributed by atoms with Gasteiger partial charge in [-0.1, -0.05) is 18.2 Å². The lowest BCUT2D eigenvalue weighted by atomic mass is 10.2. The highest BCUT2D eigenvalue weighted by Gasteiger charge is 2.18. The molecule has 2 amide bonds. The number of aliphatic hydroxyl groups is 1. The van der Waals surface area contributed by atoms with Crippen LogP contribution in [0.15, 0.2) is 30.3 Å². The summed E-state index contributed by atoms with van der Waals surface area (Å²) in [5, 5.41) is 22.2. The second kappa shape index (κ2) is 6.49. The van der Waals surface area contributed by atoms with Crippen LogP contribution in [0.5, 0.6) is 0 Å². The van der Waals surface area contributed by atoms with Gasteiger partial charge in [0.1, 0.15) is 6.04 Å². The lowest BCUT2D eigenvalue weighted by molar-refractivity contribution is -0.139. The minimum Gasteiger partial charge on any atom is -0.480 e. The summed E-state index contributed by atoms with van der Waals surface area (Å²) in [4.78, 5) is 22.2. The average Bonchev–Trinajstić information content (AvgIpc) is 2.29. The molecule has 6 heteroatoms. The van der Waals surface area contributed by atoms with E-state index in [1.165, 1.54) is 0 Å². The van der Waals surface area contributed by atoms with Gasteiger partial charge in [-0.3, -0.25) is 0 Å². The molecular formula is C11H14N2O4. The van der Waals surface area contributed by atoms with Crippen molar-refractivity contribution in [2.24, 2.45) is 0 Å². The van der Waals surface area contributed by atoms with Crippen LogP contribution < -0.4 is 10.6 Å². The van der Waals surface area contributed by atoms with Gasteiger partial charge >= 0.3 is 12.0 Å². The molecule has 0 bridgehead atoms. The van der Waals surface area contributed by atoms with E-state index >= 15 is 0 Å². The predicted octanol–water partition coefficient (Wildman–Crippen LogP) is 0.644. The number of hydrogen-bond acceptors (Lipinski definition) is 3. The number of carbonyl (C=O) groups excluding carboxylic acids is 1. The fourth-order valence-electron chi connectivity index (χ4n) is 1.23. The molecule has 1 rings (SSSR count). The molecule has 0 heterocycles. The molecule has 1 aromatic rings. The van der Waals surface area contributed by atoms with E-state index in [9.17, 15) is 9.59 Å². The number of rotatable bonds is 5. The molecule has 0 spiro atoms.